The van der Waals surface area contributed by atoms with Gasteiger partial charge in [-0.25, -0.2) is 14.2 Å². The second-order valence-electron chi connectivity index (χ2n) is 8.79. The zero-order chi connectivity index (χ0) is 22.9. The summed E-state index contributed by atoms with van der Waals surface area (Å²) in [6, 6.07) is 10.1. The van der Waals surface area contributed by atoms with E-state index in [1.165, 1.54) is 6.07 Å². The molecule has 0 saturated heterocycles. The van der Waals surface area contributed by atoms with E-state index in [4.69, 9.17) is 14.7 Å². The molecule has 0 spiro atoms. The van der Waals surface area contributed by atoms with Crippen LogP contribution in [0.25, 0.3) is 5.57 Å². The normalized spacial score (nSPS) is 17.9. The van der Waals surface area contributed by atoms with Crippen LogP contribution in [0.5, 0.6) is 5.88 Å². The SMILES string of the molecule is CC(C)(C)OC(=O)N1CC=C(c2ccc3c(n2)OC(c2ccc(C#N)cc2F)CN3)CC1. The summed E-state index contributed by atoms with van der Waals surface area (Å²) >= 11 is 0. The molecule has 32 heavy (non-hydrogen) atoms. The van der Waals surface area contributed by atoms with Gasteiger partial charge in [-0.15, -0.1) is 0 Å². The fraction of sp³-hybridized carbons (Fsp3) is 0.375. The molecule has 0 bridgehead atoms. The number of fused-ring (bicyclic) bond motifs is 1. The molecule has 8 heteroatoms. The number of anilines is 1. The molecule has 1 unspecified atom stereocenters. The van der Waals surface area contributed by atoms with E-state index in [0.29, 0.717) is 37.5 Å². The Morgan fingerprint density at radius 3 is 2.81 bits per heavy atom. The van der Waals surface area contributed by atoms with Crippen molar-refractivity contribution in [2.24, 2.45) is 0 Å². The molecule has 0 fully saturated rings. The Morgan fingerprint density at radius 1 is 1.34 bits per heavy atom. The minimum absolute atomic E-state index is 0.264. The van der Waals surface area contributed by atoms with Crippen LogP contribution in [0.2, 0.25) is 0 Å². The monoisotopic (exact) mass is 436 g/mol. The van der Waals surface area contributed by atoms with Gasteiger partial charge in [0.1, 0.15) is 17.5 Å². The number of carbonyl (C=O) groups is 1. The van der Waals surface area contributed by atoms with Crippen molar-refractivity contribution in [3.05, 3.63) is 59.0 Å². The molecule has 1 amide bonds. The van der Waals surface area contributed by atoms with Crippen LogP contribution in [0.3, 0.4) is 0 Å². The molecule has 0 saturated carbocycles. The maximum Gasteiger partial charge on any atom is 0.410 e. The van der Waals surface area contributed by atoms with Crippen molar-refractivity contribution in [3.63, 3.8) is 0 Å². The molecule has 2 aliphatic rings. The molecular weight excluding hydrogens is 411 g/mol. The van der Waals surface area contributed by atoms with Crippen LogP contribution >= 0.6 is 0 Å². The smallest absolute Gasteiger partial charge is 0.410 e. The molecule has 1 N–H and O–H groups in total. The van der Waals surface area contributed by atoms with Crippen LogP contribution in [-0.2, 0) is 4.74 Å². The molecule has 2 aromatic rings. The summed E-state index contributed by atoms with van der Waals surface area (Å²) < 4.78 is 25.9. The maximum absolute atomic E-state index is 14.4. The van der Waals surface area contributed by atoms with Gasteiger partial charge in [-0.05, 0) is 57.0 Å². The zero-order valence-electron chi connectivity index (χ0n) is 18.3. The largest absolute Gasteiger partial charge is 0.466 e. The molecule has 1 aromatic carbocycles. The quantitative estimate of drug-likeness (QED) is 0.737. The minimum atomic E-state index is -0.555. The van der Waals surface area contributed by atoms with Crippen molar-refractivity contribution in [2.45, 2.75) is 38.9 Å². The van der Waals surface area contributed by atoms with Crippen LogP contribution in [0.4, 0.5) is 14.9 Å². The Morgan fingerprint density at radius 2 is 2.16 bits per heavy atom. The Bertz CT molecular complexity index is 1120. The van der Waals surface area contributed by atoms with Crippen molar-refractivity contribution in [1.82, 2.24) is 9.88 Å². The first-order chi connectivity index (χ1) is 15.2. The summed E-state index contributed by atoms with van der Waals surface area (Å²) in [6.45, 7) is 6.91. The minimum Gasteiger partial charge on any atom is -0.466 e. The number of nitrogens with one attached hydrogen (secondary N) is 1. The molecule has 1 atom stereocenters. The molecule has 2 aliphatic heterocycles. The summed E-state index contributed by atoms with van der Waals surface area (Å²) in [5, 5.41) is 12.2. The van der Waals surface area contributed by atoms with Gasteiger partial charge in [0.2, 0.25) is 5.88 Å². The maximum atomic E-state index is 14.4. The Labute approximate surface area is 186 Å². The van der Waals surface area contributed by atoms with Gasteiger partial charge in [0, 0.05) is 18.7 Å². The molecule has 3 heterocycles. The standard InChI is InChI=1S/C24H25FN4O3/c1-24(2,3)32-23(30)29-10-8-16(9-11-29)19-6-7-20-22(28-19)31-21(14-27-20)17-5-4-15(13-26)12-18(17)25/h4-8,12,21,27H,9-11,14H2,1-3H3. The average Bonchev–Trinajstić information content (AvgIpc) is 2.77. The number of hydrogen-bond donors (Lipinski definition) is 1. The van der Waals surface area contributed by atoms with Crippen molar-refractivity contribution >= 4 is 17.4 Å². The highest BCUT2D eigenvalue weighted by Crippen LogP contribution is 2.35. The molecular formula is C24H25FN4O3. The third-order valence-electron chi connectivity index (χ3n) is 5.26. The molecule has 0 radical (unpaired) electrons. The lowest BCUT2D eigenvalue weighted by Gasteiger charge is -2.30. The second-order valence-corrected chi connectivity index (χ2v) is 8.79. The van der Waals surface area contributed by atoms with Gasteiger partial charge in [0.05, 0.1) is 29.6 Å². The number of amides is 1. The van der Waals surface area contributed by atoms with E-state index in [2.05, 4.69) is 10.3 Å². The highest BCUT2D eigenvalue weighted by molar-refractivity contribution is 5.72. The Kier molecular flexibility index (Phi) is 5.74. The number of ether oxygens (including phenoxy) is 2. The highest BCUT2D eigenvalue weighted by Gasteiger charge is 2.27. The first-order valence-corrected chi connectivity index (χ1v) is 10.5. The van der Waals surface area contributed by atoms with Gasteiger partial charge in [-0.2, -0.15) is 5.26 Å². The Balaban J connectivity index is 1.49. The summed E-state index contributed by atoms with van der Waals surface area (Å²) in [5.41, 5.74) is 2.62. The van der Waals surface area contributed by atoms with Gasteiger partial charge in [-0.1, -0.05) is 12.1 Å². The van der Waals surface area contributed by atoms with Gasteiger partial charge in [0.25, 0.3) is 0 Å². The lowest BCUT2D eigenvalue weighted by atomic mass is 10.0. The molecule has 0 aliphatic carbocycles. The number of nitriles is 1. The van der Waals surface area contributed by atoms with Gasteiger partial charge in [0.15, 0.2) is 0 Å². The first-order valence-electron chi connectivity index (χ1n) is 10.5. The van der Waals surface area contributed by atoms with Crippen molar-refractivity contribution < 1.29 is 18.7 Å². The van der Waals surface area contributed by atoms with Crippen LogP contribution in [0, 0.1) is 17.1 Å². The van der Waals surface area contributed by atoms with E-state index in [9.17, 15) is 9.18 Å². The summed E-state index contributed by atoms with van der Waals surface area (Å²) in [7, 11) is 0. The van der Waals surface area contributed by atoms with Crippen LogP contribution in [0.1, 0.15) is 50.1 Å². The average molecular weight is 436 g/mol. The van der Waals surface area contributed by atoms with E-state index in [1.54, 1.807) is 17.0 Å². The summed E-state index contributed by atoms with van der Waals surface area (Å²) in [4.78, 5) is 18.6. The Hall–Kier alpha value is -3.60. The van der Waals surface area contributed by atoms with Crippen molar-refractivity contribution in [3.8, 4) is 11.9 Å². The molecule has 4 rings (SSSR count). The third-order valence-corrected chi connectivity index (χ3v) is 5.26. The number of benzene rings is 1. The second kappa shape index (κ2) is 8.50. The highest BCUT2D eigenvalue weighted by atomic mass is 19.1. The fourth-order valence-electron chi connectivity index (χ4n) is 3.65. The lowest BCUT2D eigenvalue weighted by molar-refractivity contribution is 0.0270. The van der Waals surface area contributed by atoms with Crippen LogP contribution in [-0.4, -0.2) is 41.2 Å². The number of aromatic nitrogens is 1. The first kappa shape index (κ1) is 21.6. The predicted molar refractivity (Wildman–Crippen MR) is 118 cm³/mol. The van der Waals surface area contributed by atoms with E-state index in [1.807, 2.05) is 45.0 Å². The van der Waals surface area contributed by atoms with E-state index in [-0.39, 0.29) is 11.7 Å². The number of rotatable bonds is 2. The third kappa shape index (κ3) is 4.67. The van der Waals surface area contributed by atoms with Crippen molar-refractivity contribution in [2.75, 3.05) is 25.0 Å². The number of pyridine rings is 1. The summed E-state index contributed by atoms with van der Waals surface area (Å²) in [5.74, 6) is -0.0781. The van der Waals surface area contributed by atoms with Crippen molar-refractivity contribution in [1.29, 1.82) is 5.26 Å². The molecule has 1 aromatic heterocycles. The van der Waals surface area contributed by atoms with E-state index >= 15 is 0 Å². The van der Waals surface area contributed by atoms with E-state index < -0.39 is 17.5 Å². The van der Waals surface area contributed by atoms with Gasteiger partial charge >= 0.3 is 6.09 Å². The van der Waals surface area contributed by atoms with Crippen LogP contribution < -0.4 is 10.1 Å². The fourth-order valence-corrected chi connectivity index (χ4v) is 3.65. The zero-order valence-corrected chi connectivity index (χ0v) is 18.3. The molecule has 166 valence electrons. The molecule has 7 nitrogen and oxygen atoms in total. The topological polar surface area (TPSA) is 87.5 Å². The lowest BCUT2D eigenvalue weighted by Crippen LogP contribution is -2.39. The number of carbonyl (C=O) groups excluding carboxylic acids is 1. The van der Waals surface area contributed by atoms with Gasteiger partial charge < -0.3 is 19.7 Å². The predicted octanol–water partition coefficient (Wildman–Crippen LogP) is 4.66. The number of nitrogens with zero attached hydrogens (tertiary/aromatic N) is 3. The van der Waals surface area contributed by atoms with Gasteiger partial charge in [-0.3, -0.25) is 0 Å². The van der Waals surface area contributed by atoms with Crippen LogP contribution in [0.15, 0.2) is 36.4 Å². The summed E-state index contributed by atoms with van der Waals surface area (Å²) in [6.07, 6.45) is 1.73. The number of hydrogen-bond acceptors (Lipinski definition) is 6. The van der Waals surface area contributed by atoms with E-state index in [0.717, 1.165) is 17.0 Å². The number of halogens is 1.